The molecule has 94 valence electrons. The molecule has 0 bridgehead atoms. The number of methoxy groups -OCH3 is 1. The van der Waals surface area contributed by atoms with Crippen molar-refractivity contribution in [3.63, 3.8) is 0 Å². The Morgan fingerprint density at radius 1 is 1.38 bits per heavy atom. The predicted molar refractivity (Wildman–Crippen MR) is 66.6 cm³/mol. The van der Waals surface area contributed by atoms with Gasteiger partial charge in [-0.25, -0.2) is 0 Å². The third kappa shape index (κ3) is 2.13. The van der Waals surface area contributed by atoms with Crippen LogP contribution in [0.1, 0.15) is 33.6 Å². The minimum absolute atomic E-state index is 0.318. The normalized spacial score (nSPS) is 40.1. The van der Waals surface area contributed by atoms with Gasteiger partial charge in [0.05, 0.1) is 6.10 Å². The fourth-order valence-corrected chi connectivity index (χ4v) is 3.31. The van der Waals surface area contributed by atoms with E-state index in [1.54, 1.807) is 0 Å². The van der Waals surface area contributed by atoms with Crippen LogP contribution in [0.25, 0.3) is 0 Å². The van der Waals surface area contributed by atoms with Crippen molar-refractivity contribution in [3.05, 3.63) is 0 Å². The molecule has 0 amide bonds. The van der Waals surface area contributed by atoms with Crippen LogP contribution in [0.4, 0.5) is 0 Å². The molecule has 0 aromatic rings. The lowest BCUT2D eigenvalue weighted by atomic mass is 9.63. The molecule has 0 aromatic carbocycles. The van der Waals surface area contributed by atoms with Crippen LogP contribution < -0.4 is 5.32 Å². The second kappa shape index (κ2) is 4.63. The maximum absolute atomic E-state index is 5.54. The monoisotopic (exact) mass is 226 g/mol. The molecule has 2 aliphatic rings. The van der Waals surface area contributed by atoms with Gasteiger partial charge in [-0.1, -0.05) is 13.8 Å². The van der Waals surface area contributed by atoms with E-state index in [0.29, 0.717) is 23.6 Å². The quantitative estimate of drug-likeness (QED) is 0.772. The lowest BCUT2D eigenvalue weighted by molar-refractivity contribution is -0.137. The van der Waals surface area contributed by atoms with E-state index in [1.165, 1.54) is 32.5 Å². The summed E-state index contributed by atoms with van der Waals surface area (Å²) in [5, 5.41) is 3.56. The average Bonchev–Trinajstić information content (AvgIpc) is 2.42. The Hall–Kier alpha value is -0.120. The van der Waals surface area contributed by atoms with Crippen LogP contribution in [0.5, 0.6) is 0 Å². The van der Waals surface area contributed by atoms with Crippen LogP contribution >= 0.6 is 0 Å². The molecule has 2 rings (SSSR count). The fraction of sp³-hybridized carbons (Fsp3) is 1.00. The Labute approximate surface area is 99.5 Å². The molecular formula is C13H26N2O. The zero-order chi connectivity index (χ0) is 11.8. The van der Waals surface area contributed by atoms with Crippen LogP contribution in [0.3, 0.4) is 0 Å². The van der Waals surface area contributed by atoms with Gasteiger partial charge in [0.2, 0.25) is 0 Å². The molecule has 16 heavy (non-hydrogen) atoms. The van der Waals surface area contributed by atoms with E-state index in [-0.39, 0.29) is 0 Å². The third-order valence-corrected chi connectivity index (χ3v) is 4.47. The van der Waals surface area contributed by atoms with Gasteiger partial charge in [-0.3, -0.25) is 4.90 Å². The van der Waals surface area contributed by atoms with Crippen LogP contribution in [-0.2, 0) is 4.74 Å². The standard InChI is InChI=1S/C13H26N2O/c1-10-9-15(7-5-6-14-10)11-8-12(16-4)13(11,2)3/h10-12,14H,5-9H2,1-4H3. The van der Waals surface area contributed by atoms with Gasteiger partial charge in [0.25, 0.3) is 0 Å². The van der Waals surface area contributed by atoms with Crippen LogP contribution in [0, 0.1) is 5.41 Å². The highest BCUT2D eigenvalue weighted by molar-refractivity contribution is 5.04. The van der Waals surface area contributed by atoms with E-state index in [2.05, 4.69) is 31.0 Å². The molecule has 1 heterocycles. The Balaban J connectivity index is 1.97. The molecule has 1 saturated heterocycles. The van der Waals surface area contributed by atoms with Gasteiger partial charge >= 0.3 is 0 Å². The van der Waals surface area contributed by atoms with Crippen LogP contribution in [0.2, 0.25) is 0 Å². The van der Waals surface area contributed by atoms with Gasteiger partial charge < -0.3 is 10.1 Å². The highest BCUT2D eigenvalue weighted by Crippen LogP contribution is 2.45. The van der Waals surface area contributed by atoms with E-state index in [1.807, 2.05) is 7.11 Å². The third-order valence-electron chi connectivity index (χ3n) is 4.47. The molecule has 3 unspecified atom stereocenters. The zero-order valence-corrected chi connectivity index (χ0v) is 11.1. The van der Waals surface area contributed by atoms with E-state index < -0.39 is 0 Å². The van der Waals surface area contributed by atoms with Gasteiger partial charge in [-0.15, -0.1) is 0 Å². The summed E-state index contributed by atoms with van der Waals surface area (Å²) in [6.45, 7) is 10.6. The second-order valence-corrected chi connectivity index (χ2v) is 6.00. The highest BCUT2D eigenvalue weighted by Gasteiger charge is 2.51. The van der Waals surface area contributed by atoms with Crippen molar-refractivity contribution in [2.24, 2.45) is 5.41 Å². The summed E-state index contributed by atoms with van der Waals surface area (Å²) < 4.78 is 5.54. The molecule has 3 atom stereocenters. The predicted octanol–water partition coefficient (Wildman–Crippen LogP) is 1.48. The van der Waals surface area contributed by atoms with Crippen molar-refractivity contribution in [1.29, 1.82) is 0 Å². The summed E-state index contributed by atoms with van der Waals surface area (Å²) in [5.74, 6) is 0. The van der Waals surface area contributed by atoms with Crippen molar-refractivity contribution in [3.8, 4) is 0 Å². The molecule has 2 fully saturated rings. The van der Waals surface area contributed by atoms with Crippen molar-refractivity contribution in [2.45, 2.75) is 51.8 Å². The molecule has 0 radical (unpaired) electrons. The van der Waals surface area contributed by atoms with Gasteiger partial charge in [-0.2, -0.15) is 0 Å². The Morgan fingerprint density at radius 3 is 2.75 bits per heavy atom. The number of hydrogen-bond donors (Lipinski definition) is 1. The van der Waals surface area contributed by atoms with Gasteiger partial charge in [0.1, 0.15) is 0 Å². The zero-order valence-electron chi connectivity index (χ0n) is 11.1. The lowest BCUT2D eigenvalue weighted by Gasteiger charge is -2.55. The maximum atomic E-state index is 5.54. The van der Waals surface area contributed by atoms with Gasteiger partial charge in [0.15, 0.2) is 0 Å². The summed E-state index contributed by atoms with van der Waals surface area (Å²) >= 11 is 0. The van der Waals surface area contributed by atoms with E-state index in [4.69, 9.17) is 4.74 Å². The van der Waals surface area contributed by atoms with Crippen LogP contribution in [-0.4, -0.2) is 49.8 Å². The second-order valence-electron chi connectivity index (χ2n) is 6.00. The maximum Gasteiger partial charge on any atom is 0.0652 e. The molecule has 1 saturated carbocycles. The first-order valence-corrected chi connectivity index (χ1v) is 6.56. The SMILES string of the molecule is COC1CC(N2CCCNC(C)C2)C1(C)C. The number of hydrogen-bond acceptors (Lipinski definition) is 3. The summed E-state index contributed by atoms with van der Waals surface area (Å²) in [6, 6.07) is 1.33. The Bertz CT molecular complexity index is 242. The first kappa shape index (κ1) is 12.3. The Morgan fingerprint density at radius 2 is 2.12 bits per heavy atom. The van der Waals surface area contributed by atoms with Crippen molar-refractivity contribution >= 4 is 0 Å². The smallest absolute Gasteiger partial charge is 0.0652 e. The highest BCUT2D eigenvalue weighted by atomic mass is 16.5. The summed E-state index contributed by atoms with van der Waals surface area (Å²) in [6.07, 6.45) is 2.93. The lowest BCUT2D eigenvalue weighted by Crippen LogP contribution is -2.62. The van der Waals surface area contributed by atoms with E-state index >= 15 is 0 Å². The van der Waals surface area contributed by atoms with Crippen molar-refractivity contribution < 1.29 is 4.74 Å². The average molecular weight is 226 g/mol. The number of ether oxygens (including phenoxy) is 1. The van der Waals surface area contributed by atoms with Crippen molar-refractivity contribution in [2.75, 3.05) is 26.7 Å². The number of rotatable bonds is 2. The first-order valence-electron chi connectivity index (χ1n) is 6.56. The molecule has 3 nitrogen and oxygen atoms in total. The topological polar surface area (TPSA) is 24.5 Å². The Kier molecular flexibility index (Phi) is 3.57. The molecule has 1 aliphatic carbocycles. The van der Waals surface area contributed by atoms with Gasteiger partial charge in [0, 0.05) is 31.2 Å². The minimum Gasteiger partial charge on any atom is -0.381 e. The summed E-state index contributed by atoms with van der Waals surface area (Å²) in [4.78, 5) is 2.67. The molecule has 1 aliphatic heterocycles. The molecular weight excluding hydrogens is 200 g/mol. The largest absolute Gasteiger partial charge is 0.381 e. The summed E-state index contributed by atoms with van der Waals surface area (Å²) in [5.41, 5.74) is 0.318. The molecule has 3 heteroatoms. The number of nitrogens with one attached hydrogen (secondary N) is 1. The molecule has 1 N–H and O–H groups in total. The van der Waals surface area contributed by atoms with Gasteiger partial charge in [-0.05, 0) is 32.9 Å². The van der Waals surface area contributed by atoms with E-state index in [0.717, 1.165) is 0 Å². The number of nitrogens with zero attached hydrogens (tertiary/aromatic N) is 1. The fourth-order valence-electron chi connectivity index (χ4n) is 3.31. The van der Waals surface area contributed by atoms with Crippen LogP contribution in [0.15, 0.2) is 0 Å². The van der Waals surface area contributed by atoms with E-state index in [9.17, 15) is 0 Å². The van der Waals surface area contributed by atoms with Crippen molar-refractivity contribution in [1.82, 2.24) is 10.2 Å². The molecule has 0 spiro atoms. The first-order chi connectivity index (χ1) is 7.55. The molecule has 0 aromatic heterocycles. The minimum atomic E-state index is 0.318. The summed E-state index contributed by atoms with van der Waals surface area (Å²) in [7, 11) is 1.84.